The molecule has 1 atom stereocenters. The van der Waals surface area contributed by atoms with Gasteiger partial charge in [0.2, 0.25) is 5.91 Å². The van der Waals surface area contributed by atoms with E-state index in [1.165, 1.54) is 5.69 Å². The molecule has 1 aliphatic rings. The van der Waals surface area contributed by atoms with E-state index in [1.54, 1.807) is 0 Å². The number of nitrogens with zero attached hydrogens (tertiary/aromatic N) is 2. The van der Waals surface area contributed by atoms with Gasteiger partial charge in [-0.2, -0.15) is 0 Å². The molecule has 0 aromatic carbocycles. The first-order valence-electron chi connectivity index (χ1n) is 7.26. The van der Waals surface area contributed by atoms with Crippen LogP contribution in [0.15, 0.2) is 0 Å². The normalized spacial score (nSPS) is 15.9. The summed E-state index contributed by atoms with van der Waals surface area (Å²) in [6, 6.07) is -0.171. The zero-order valence-electron chi connectivity index (χ0n) is 12.1. The summed E-state index contributed by atoms with van der Waals surface area (Å²) in [6.07, 6.45) is 2.77. The minimum atomic E-state index is -0.171. The van der Waals surface area contributed by atoms with Gasteiger partial charge in [0.05, 0.1) is 5.69 Å². The summed E-state index contributed by atoms with van der Waals surface area (Å²) in [6.45, 7) is 8.64. The highest BCUT2D eigenvalue weighted by molar-refractivity contribution is 5.80. The fraction of sp³-hybridized carbons (Fsp3) is 0.714. The van der Waals surface area contributed by atoms with Crippen molar-refractivity contribution in [1.29, 1.82) is 0 Å². The third-order valence-electron chi connectivity index (χ3n) is 3.63. The van der Waals surface area contributed by atoms with Gasteiger partial charge < -0.3 is 15.2 Å². The summed E-state index contributed by atoms with van der Waals surface area (Å²) in [4.78, 5) is 16.9. The molecule has 19 heavy (non-hydrogen) atoms. The summed E-state index contributed by atoms with van der Waals surface area (Å²) < 4.78 is 2.14. The molecule has 1 aromatic heterocycles. The molecule has 0 saturated heterocycles. The van der Waals surface area contributed by atoms with Gasteiger partial charge in [0.1, 0.15) is 11.9 Å². The van der Waals surface area contributed by atoms with Crippen LogP contribution in [0, 0.1) is 0 Å². The number of carbonyl (C=O) groups excluding carboxylic acids is 1. The molecule has 0 aliphatic carbocycles. The lowest BCUT2D eigenvalue weighted by molar-refractivity contribution is -0.123. The van der Waals surface area contributed by atoms with Gasteiger partial charge in [-0.15, -0.1) is 0 Å². The predicted octanol–water partition coefficient (Wildman–Crippen LogP) is 1.18. The van der Waals surface area contributed by atoms with Gasteiger partial charge in [-0.3, -0.25) is 4.79 Å². The molecule has 0 fully saturated rings. The van der Waals surface area contributed by atoms with E-state index in [-0.39, 0.29) is 11.9 Å². The first-order chi connectivity index (χ1) is 9.19. The Morgan fingerprint density at radius 2 is 2.32 bits per heavy atom. The Bertz CT molecular complexity index is 453. The second-order valence-corrected chi connectivity index (χ2v) is 5.04. The average molecular weight is 264 g/mol. The Morgan fingerprint density at radius 1 is 1.53 bits per heavy atom. The van der Waals surface area contributed by atoms with E-state index < -0.39 is 0 Å². The molecular weight excluding hydrogens is 240 g/mol. The number of carbonyl (C=O) groups is 1. The Balaban J connectivity index is 2.27. The number of rotatable bonds is 5. The van der Waals surface area contributed by atoms with Gasteiger partial charge in [0.25, 0.3) is 0 Å². The van der Waals surface area contributed by atoms with Gasteiger partial charge in [-0.05, 0) is 13.3 Å². The number of hydrogen-bond acceptors (Lipinski definition) is 3. The number of amides is 1. The van der Waals surface area contributed by atoms with Gasteiger partial charge in [0, 0.05) is 38.2 Å². The summed E-state index contributed by atoms with van der Waals surface area (Å²) in [7, 11) is 0. The average Bonchev–Trinajstić information content (AvgIpc) is 2.82. The highest BCUT2D eigenvalue weighted by atomic mass is 16.2. The highest BCUT2D eigenvalue weighted by Gasteiger charge is 2.25. The SMILES string of the molecule is CCCNC(=O)C(C)n1c(CC)nc2c1CCNC2. The Hall–Kier alpha value is -1.36. The Kier molecular flexibility index (Phi) is 4.58. The monoisotopic (exact) mass is 264 g/mol. The number of aromatic nitrogens is 2. The van der Waals surface area contributed by atoms with E-state index >= 15 is 0 Å². The summed E-state index contributed by atoms with van der Waals surface area (Å²) >= 11 is 0. The predicted molar refractivity (Wildman–Crippen MR) is 75.0 cm³/mol. The minimum Gasteiger partial charge on any atom is -0.354 e. The second kappa shape index (κ2) is 6.19. The zero-order chi connectivity index (χ0) is 13.8. The van der Waals surface area contributed by atoms with Crippen molar-refractivity contribution in [1.82, 2.24) is 20.2 Å². The van der Waals surface area contributed by atoms with Crippen LogP contribution in [-0.4, -0.2) is 28.5 Å². The fourth-order valence-electron chi connectivity index (χ4n) is 2.61. The quantitative estimate of drug-likeness (QED) is 0.839. The first-order valence-corrected chi connectivity index (χ1v) is 7.26. The second-order valence-electron chi connectivity index (χ2n) is 5.04. The number of nitrogens with one attached hydrogen (secondary N) is 2. The molecular formula is C14H24N4O. The van der Waals surface area contributed by atoms with Crippen molar-refractivity contribution in [2.75, 3.05) is 13.1 Å². The van der Waals surface area contributed by atoms with E-state index in [9.17, 15) is 4.79 Å². The largest absolute Gasteiger partial charge is 0.354 e. The fourth-order valence-corrected chi connectivity index (χ4v) is 2.61. The summed E-state index contributed by atoms with van der Waals surface area (Å²) in [5, 5.41) is 6.31. The van der Waals surface area contributed by atoms with Gasteiger partial charge >= 0.3 is 0 Å². The molecule has 1 unspecified atom stereocenters. The molecule has 1 aliphatic heterocycles. The van der Waals surface area contributed by atoms with Gasteiger partial charge in [0.15, 0.2) is 0 Å². The number of imidazole rings is 1. The molecule has 5 heteroatoms. The van der Waals surface area contributed by atoms with Crippen molar-refractivity contribution in [3.63, 3.8) is 0 Å². The molecule has 2 N–H and O–H groups in total. The van der Waals surface area contributed by atoms with Crippen molar-refractivity contribution in [2.45, 2.75) is 52.6 Å². The van der Waals surface area contributed by atoms with Crippen LogP contribution >= 0.6 is 0 Å². The van der Waals surface area contributed by atoms with Crippen LogP contribution in [0.3, 0.4) is 0 Å². The van der Waals surface area contributed by atoms with Crippen molar-refractivity contribution >= 4 is 5.91 Å². The summed E-state index contributed by atoms with van der Waals surface area (Å²) in [5.41, 5.74) is 2.34. The van der Waals surface area contributed by atoms with Crippen molar-refractivity contribution < 1.29 is 4.79 Å². The number of fused-ring (bicyclic) bond motifs is 1. The molecule has 5 nitrogen and oxygen atoms in total. The van der Waals surface area contributed by atoms with Crippen LogP contribution in [-0.2, 0) is 24.2 Å². The van der Waals surface area contributed by atoms with Crippen molar-refractivity contribution in [3.8, 4) is 0 Å². The first kappa shape index (κ1) is 14.1. The minimum absolute atomic E-state index is 0.0929. The topological polar surface area (TPSA) is 59.0 Å². The van der Waals surface area contributed by atoms with E-state index in [2.05, 4.69) is 34.0 Å². The van der Waals surface area contributed by atoms with E-state index in [0.29, 0.717) is 0 Å². The van der Waals surface area contributed by atoms with Gasteiger partial charge in [-0.1, -0.05) is 13.8 Å². The number of hydrogen-bond donors (Lipinski definition) is 2. The van der Waals surface area contributed by atoms with Crippen molar-refractivity contribution in [3.05, 3.63) is 17.2 Å². The molecule has 2 rings (SSSR count). The van der Waals surface area contributed by atoms with Crippen LogP contribution in [0.1, 0.15) is 50.4 Å². The lowest BCUT2D eigenvalue weighted by Crippen LogP contribution is -2.34. The Labute approximate surface area is 114 Å². The van der Waals surface area contributed by atoms with Crippen molar-refractivity contribution in [2.24, 2.45) is 0 Å². The standard InChI is InChI=1S/C14H24N4O/c1-4-7-16-14(19)10(3)18-12-6-8-15-9-11(12)17-13(18)5-2/h10,15H,4-9H2,1-3H3,(H,16,19). The molecule has 0 spiro atoms. The van der Waals surface area contributed by atoms with Crippen LogP contribution in [0.5, 0.6) is 0 Å². The van der Waals surface area contributed by atoms with Crippen LogP contribution < -0.4 is 10.6 Å². The lowest BCUT2D eigenvalue weighted by atomic mass is 10.1. The third-order valence-corrected chi connectivity index (χ3v) is 3.63. The maximum absolute atomic E-state index is 12.2. The van der Waals surface area contributed by atoms with E-state index in [1.807, 2.05) is 6.92 Å². The Morgan fingerprint density at radius 3 is 3.00 bits per heavy atom. The van der Waals surface area contributed by atoms with E-state index in [0.717, 1.165) is 50.4 Å². The maximum atomic E-state index is 12.2. The maximum Gasteiger partial charge on any atom is 0.242 e. The van der Waals surface area contributed by atoms with Crippen LogP contribution in [0.2, 0.25) is 0 Å². The smallest absolute Gasteiger partial charge is 0.242 e. The van der Waals surface area contributed by atoms with E-state index in [4.69, 9.17) is 0 Å². The molecule has 1 amide bonds. The van der Waals surface area contributed by atoms with Gasteiger partial charge in [-0.25, -0.2) is 4.98 Å². The third kappa shape index (κ3) is 2.81. The molecule has 0 bridgehead atoms. The molecule has 1 aromatic rings. The zero-order valence-corrected chi connectivity index (χ0v) is 12.1. The molecule has 0 radical (unpaired) electrons. The highest BCUT2D eigenvalue weighted by Crippen LogP contribution is 2.21. The molecule has 0 saturated carbocycles. The van der Waals surface area contributed by atoms with Crippen LogP contribution in [0.25, 0.3) is 0 Å². The molecule has 106 valence electrons. The summed E-state index contributed by atoms with van der Waals surface area (Å²) in [5.74, 6) is 1.11. The number of aryl methyl sites for hydroxylation is 1. The van der Waals surface area contributed by atoms with Crippen LogP contribution in [0.4, 0.5) is 0 Å². The molecule has 2 heterocycles. The lowest BCUT2D eigenvalue weighted by Gasteiger charge is -2.21.